The number of aromatic nitrogens is 4. The summed E-state index contributed by atoms with van der Waals surface area (Å²) in [5, 5.41) is 5.49. The van der Waals surface area contributed by atoms with Gasteiger partial charge in [-0.25, -0.2) is 18.7 Å². The predicted octanol–water partition coefficient (Wildman–Crippen LogP) is 3.54. The van der Waals surface area contributed by atoms with Gasteiger partial charge in [0.25, 0.3) is 17.4 Å². The molecule has 3 heterocycles. The maximum atomic E-state index is 13.5. The quantitative estimate of drug-likeness (QED) is 0.317. The number of hydrogen-bond acceptors (Lipinski definition) is 5. The maximum Gasteiger partial charge on any atom is 0.266 e. The van der Waals surface area contributed by atoms with Gasteiger partial charge in [-0.2, -0.15) is 0 Å². The fraction of sp³-hybridized carbons (Fsp3) is 0.107. The van der Waals surface area contributed by atoms with Gasteiger partial charge in [0.05, 0.1) is 30.5 Å². The van der Waals surface area contributed by atoms with Crippen molar-refractivity contribution in [3.63, 3.8) is 0 Å². The molecule has 0 bridgehead atoms. The lowest BCUT2D eigenvalue weighted by molar-refractivity contribution is -0.110. The number of nitrogens with one attached hydrogen (secondary N) is 3. The molecule has 0 aliphatic carbocycles. The van der Waals surface area contributed by atoms with Gasteiger partial charge in [-0.15, -0.1) is 0 Å². The van der Waals surface area contributed by atoms with Crippen molar-refractivity contribution >= 4 is 35.2 Å². The Labute approximate surface area is 220 Å². The molecular weight excluding hydrogens is 506 g/mol. The molecular formula is C28H22F2N6O3. The minimum absolute atomic E-state index is 0.0723. The van der Waals surface area contributed by atoms with Crippen molar-refractivity contribution in [1.29, 1.82) is 0 Å². The molecule has 0 radical (unpaired) electrons. The third kappa shape index (κ3) is 5.42. The van der Waals surface area contributed by atoms with Crippen LogP contribution >= 0.6 is 0 Å². The SMILES string of the molecule is Cc1[nH]cnc1C=C1C(=O)Nc2cc(/C=C/CNC(=O)c3cncn(Cc4ccc(F)c(F)c4)c3=O)ccc21. The molecule has 0 fully saturated rings. The van der Waals surface area contributed by atoms with Crippen LogP contribution in [0.15, 0.2) is 66.1 Å². The molecule has 2 amide bonds. The molecule has 2 aromatic heterocycles. The highest BCUT2D eigenvalue weighted by atomic mass is 19.2. The zero-order valence-corrected chi connectivity index (χ0v) is 20.7. The second kappa shape index (κ2) is 10.7. The van der Waals surface area contributed by atoms with Crippen molar-refractivity contribution in [2.45, 2.75) is 13.5 Å². The zero-order valence-electron chi connectivity index (χ0n) is 20.7. The number of aromatic amines is 1. The molecule has 9 nitrogen and oxygen atoms in total. The number of amides is 2. The average Bonchev–Trinajstić information content (AvgIpc) is 3.46. The van der Waals surface area contributed by atoms with Crippen molar-refractivity contribution < 1.29 is 18.4 Å². The highest BCUT2D eigenvalue weighted by Gasteiger charge is 2.24. The summed E-state index contributed by atoms with van der Waals surface area (Å²) in [5.74, 6) is -2.85. The van der Waals surface area contributed by atoms with E-state index in [1.165, 1.54) is 12.4 Å². The molecule has 3 N–H and O–H groups in total. The highest BCUT2D eigenvalue weighted by molar-refractivity contribution is 6.34. The van der Waals surface area contributed by atoms with E-state index in [0.717, 1.165) is 39.7 Å². The molecule has 2 aromatic carbocycles. The summed E-state index contributed by atoms with van der Waals surface area (Å²) < 4.78 is 27.8. The van der Waals surface area contributed by atoms with Crippen LogP contribution in [0, 0.1) is 18.6 Å². The molecule has 11 heteroatoms. The summed E-state index contributed by atoms with van der Waals surface area (Å²) in [5.41, 5.74) is 3.87. The monoisotopic (exact) mass is 528 g/mol. The number of halogens is 2. The van der Waals surface area contributed by atoms with Gasteiger partial charge in [0, 0.05) is 29.7 Å². The van der Waals surface area contributed by atoms with E-state index in [2.05, 4.69) is 25.6 Å². The van der Waals surface area contributed by atoms with E-state index in [9.17, 15) is 23.2 Å². The van der Waals surface area contributed by atoms with Crippen molar-refractivity contribution in [3.8, 4) is 0 Å². The van der Waals surface area contributed by atoms with Gasteiger partial charge >= 0.3 is 0 Å². The second-order valence-electron chi connectivity index (χ2n) is 8.83. The number of fused-ring (bicyclic) bond motifs is 1. The third-order valence-corrected chi connectivity index (χ3v) is 6.15. The highest BCUT2D eigenvalue weighted by Crippen LogP contribution is 2.34. The Bertz CT molecular complexity index is 1720. The first kappa shape index (κ1) is 25.5. The summed E-state index contributed by atoms with van der Waals surface area (Å²) in [4.78, 5) is 48.9. The van der Waals surface area contributed by atoms with Gasteiger partial charge in [-0.1, -0.05) is 30.4 Å². The van der Waals surface area contributed by atoms with Crippen LogP contribution in [0.5, 0.6) is 0 Å². The van der Waals surface area contributed by atoms with E-state index in [-0.39, 0.29) is 24.6 Å². The van der Waals surface area contributed by atoms with Gasteiger partial charge < -0.3 is 15.6 Å². The predicted molar refractivity (Wildman–Crippen MR) is 142 cm³/mol. The zero-order chi connectivity index (χ0) is 27.5. The Morgan fingerprint density at radius 3 is 2.74 bits per heavy atom. The number of carbonyl (C=O) groups excluding carboxylic acids is 2. The van der Waals surface area contributed by atoms with Crippen molar-refractivity contribution in [1.82, 2.24) is 24.8 Å². The average molecular weight is 529 g/mol. The van der Waals surface area contributed by atoms with Crippen LogP contribution in [0.3, 0.4) is 0 Å². The number of hydrogen-bond donors (Lipinski definition) is 3. The maximum absolute atomic E-state index is 13.5. The molecule has 39 heavy (non-hydrogen) atoms. The van der Waals surface area contributed by atoms with Gasteiger partial charge in [-0.3, -0.25) is 19.0 Å². The number of anilines is 1. The Morgan fingerprint density at radius 1 is 1.13 bits per heavy atom. The summed E-state index contributed by atoms with van der Waals surface area (Å²) in [6.45, 7) is 1.93. The van der Waals surface area contributed by atoms with Crippen molar-refractivity contribution in [2.75, 3.05) is 11.9 Å². The topological polar surface area (TPSA) is 122 Å². The van der Waals surface area contributed by atoms with Crippen LogP contribution in [0.4, 0.5) is 14.5 Å². The number of nitrogens with zero attached hydrogens (tertiary/aromatic N) is 3. The van der Waals surface area contributed by atoms with E-state index in [1.54, 1.807) is 24.6 Å². The molecule has 4 aromatic rings. The Hall–Kier alpha value is -5.19. The Kier molecular flexibility index (Phi) is 6.96. The van der Waals surface area contributed by atoms with Crippen LogP contribution in [-0.4, -0.2) is 37.9 Å². The Morgan fingerprint density at radius 2 is 1.97 bits per heavy atom. The second-order valence-corrected chi connectivity index (χ2v) is 8.83. The van der Waals surface area contributed by atoms with E-state index in [0.29, 0.717) is 22.5 Å². The first-order valence-corrected chi connectivity index (χ1v) is 11.9. The number of imidazole rings is 1. The fourth-order valence-corrected chi connectivity index (χ4v) is 4.11. The largest absolute Gasteiger partial charge is 0.348 e. The molecule has 0 spiro atoms. The summed E-state index contributed by atoms with van der Waals surface area (Å²) in [7, 11) is 0. The number of rotatable bonds is 7. The summed E-state index contributed by atoms with van der Waals surface area (Å²) in [6.07, 6.45) is 9.17. The molecule has 0 saturated heterocycles. The molecule has 0 saturated carbocycles. The van der Waals surface area contributed by atoms with E-state index in [4.69, 9.17) is 0 Å². The van der Waals surface area contributed by atoms with Crippen LogP contribution in [0.1, 0.15) is 38.4 Å². The minimum Gasteiger partial charge on any atom is -0.348 e. The number of benzene rings is 2. The number of aryl methyl sites for hydroxylation is 1. The molecule has 5 rings (SSSR count). The fourth-order valence-electron chi connectivity index (χ4n) is 4.11. The lowest BCUT2D eigenvalue weighted by Gasteiger charge is -2.08. The summed E-state index contributed by atoms with van der Waals surface area (Å²) in [6, 6.07) is 8.82. The van der Waals surface area contributed by atoms with Gasteiger partial charge in [0.2, 0.25) is 0 Å². The van der Waals surface area contributed by atoms with E-state index >= 15 is 0 Å². The normalized spacial score (nSPS) is 13.6. The standard InChI is InChI=1S/C28H22F2N6O3/c1-16-24(34-14-33-16)11-20-19-6-4-17(10-25(19)35-27(20)38)3-2-8-32-26(37)21-12-31-15-36(28(21)39)13-18-5-7-22(29)23(30)9-18/h2-7,9-12,14-15H,8,13H2,1H3,(H,32,37)(H,33,34)(H,35,38)/b3-2+,20-11?. The van der Waals surface area contributed by atoms with Crippen LogP contribution in [0.2, 0.25) is 0 Å². The first-order chi connectivity index (χ1) is 18.8. The summed E-state index contributed by atoms with van der Waals surface area (Å²) >= 11 is 0. The smallest absolute Gasteiger partial charge is 0.266 e. The van der Waals surface area contributed by atoms with Crippen molar-refractivity contribution in [2.24, 2.45) is 0 Å². The third-order valence-electron chi connectivity index (χ3n) is 6.15. The lowest BCUT2D eigenvalue weighted by Crippen LogP contribution is -2.33. The molecule has 0 unspecified atom stereocenters. The number of carbonyl (C=O) groups is 2. The molecule has 196 valence electrons. The lowest BCUT2D eigenvalue weighted by atomic mass is 10.0. The molecule has 1 aliphatic rings. The van der Waals surface area contributed by atoms with Crippen molar-refractivity contribution in [3.05, 3.63) is 117 Å². The van der Waals surface area contributed by atoms with Gasteiger partial charge in [0.15, 0.2) is 11.6 Å². The molecule has 1 aliphatic heterocycles. The van der Waals surface area contributed by atoms with E-state index in [1.807, 2.05) is 25.1 Å². The van der Waals surface area contributed by atoms with Crippen LogP contribution in [0.25, 0.3) is 17.7 Å². The van der Waals surface area contributed by atoms with E-state index < -0.39 is 23.1 Å². The van der Waals surface area contributed by atoms with Crippen LogP contribution < -0.4 is 16.2 Å². The Balaban J connectivity index is 1.23. The first-order valence-electron chi connectivity index (χ1n) is 11.9. The minimum atomic E-state index is -1.03. The van der Waals surface area contributed by atoms with Gasteiger partial charge in [-0.05, 0) is 42.3 Å². The van der Waals surface area contributed by atoms with Crippen LogP contribution in [-0.2, 0) is 11.3 Å². The number of H-pyrrole nitrogens is 1. The van der Waals surface area contributed by atoms with Gasteiger partial charge in [0.1, 0.15) is 5.56 Å². The molecule has 0 atom stereocenters.